The Morgan fingerprint density at radius 1 is 1.35 bits per heavy atom. The SMILES string of the molecule is Nc1cc(F)ccc1NC(=O)Cn1ccc(=O)[nH]c1=O. The van der Waals surface area contributed by atoms with E-state index in [2.05, 4.69) is 5.32 Å². The molecule has 8 heteroatoms. The standard InChI is InChI=1S/C12H11FN4O3/c13-7-1-2-9(8(14)5-7)15-11(19)6-17-4-3-10(18)16-12(17)20/h1-5H,6,14H2,(H,15,19)(H,16,18,20). The lowest BCUT2D eigenvalue weighted by Crippen LogP contribution is -2.32. The number of halogens is 1. The molecule has 0 atom stereocenters. The lowest BCUT2D eigenvalue weighted by atomic mass is 10.2. The van der Waals surface area contributed by atoms with E-state index in [1.165, 1.54) is 12.3 Å². The third-order valence-electron chi connectivity index (χ3n) is 2.50. The second-order valence-electron chi connectivity index (χ2n) is 4.02. The second-order valence-corrected chi connectivity index (χ2v) is 4.02. The molecule has 0 radical (unpaired) electrons. The molecule has 1 aromatic carbocycles. The largest absolute Gasteiger partial charge is 0.397 e. The van der Waals surface area contributed by atoms with Crippen LogP contribution in [0.25, 0.3) is 0 Å². The highest BCUT2D eigenvalue weighted by molar-refractivity contribution is 5.93. The first-order valence-corrected chi connectivity index (χ1v) is 5.60. The number of carbonyl (C=O) groups is 1. The summed E-state index contributed by atoms with van der Waals surface area (Å²) in [6, 6.07) is 4.67. The summed E-state index contributed by atoms with van der Waals surface area (Å²) in [5.74, 6) is -1.05. The Kier molecular flexibility index (Phi) is 3.65. The zero-order valence-corrected chi connectivity index (χ0v) is 10.2. The molecule has 2 rings (SSSR count). The molecule has 0 unspecified atom stereocenters. The van der Waals surface area contributed by atoms with Crippen molar-refractivity contribution in [3.05, 3.63) is 57.1 Å². The average Bonchev–Trinajstić information content (AvgIpc) is 2.36. The van der Waals surface area contributed by atoms with Crippen LogP contribution >= 0.6 is 0 Å². The number of nitrogen functional groups attached to an aromatic ring is 1. The van der Waals surface area contributed by atoms with Gasteiger partial charge in [0.2, 0.25) is 5.91 Å². The van der Waals surface area contributed by atoms with Gasteiger partial charge in [-0.25, -0.2) is 9.18 Å². The molecule has 0 aliphatic carbocycles. The van der Waals surface area contributed by atoms with Crippen molar-refractivity contribution in [3.63, 3.8) is 0 Å². The van der Waals surface area contributed by atoms with Gasteiger partial charge in [0.1, 0.15) is 12.4 Å². The van der Waals surface area contributed by atoms with E-state index in [-0.39, 0.29) is 17.9 Å². The van der Waals surface area contributed by atoms with Crippen LogP contribution in [0.15, 0.2) is 40.1 Å². The summed E-state index contributed by atoms with van der Waals surface area (Å²) >= 11 is 0. The molecule has 1 amide bonds. The minimum Gasteiger partial charge on any atom is -0.397 e. The van der Waals surface area contributed by atoms with E-state index < -0.39 is 23.0 Å². The van der Waals surface area contributed by atoms with Crippen molar-refractivity contribution >= 4 is 17.3 Å². The number of hydrogen-bond acceptors (Lipinski definition) is 4. The molecule has 1 aromatic heterocycles. The lowest BCUT2D eigenvalue weighted by Gasteiger charge is -2.09. The van der Waals surface area contributed by atoms with Crippen molar-refractivity contribution in [1.29, 1.82) is 0 Å². The molecular formula is C12H11FN4O3. The van der Waals surface area contributed by atoms with Crippen LogP contribution in [0.2, 0.25) is 0 Å². The number of nitrogens with zero attached hydrogens (tertiary/aromatic N) is 1. The number of amides is 1. The fraction of sp³-hybridized carbons (Fsp3) is 0.0833. The quantitative estimate of drug-likeness (QED) is 0.681. The third-order valence-corrected chi connectivity index (χ3v) is 2.50. The smallest absolute Gasteiger partial charge is 0.328 e. The molecule has 20 heavy (non-hydrogen) atoms. The van der Waals surface area contributed by atoms with Crippen LogP contribution in [0, 0.1) is 5.82 Å². The molecule has 0 aliphatic rings. The molecule has 7 nitrogen and oxygen atoms in total. The summed E-state index contributed by atoms with van der Waals surface area (Å²) in [7, 11) is 0. The molecule has 1 heterocycles. The minimum absolute atomic E-state index is 0.0761. The summed E-state index contributed by atoms with van der Waals surface area (Å²) in [4.78, 5) is 36.0. The van der Waals surface area contributed by atoms with Gasteiger partial charge in [-0.15, -0.1) is 0 Å². The summed E-state index contributed by atoms with van der Waals surface area (Å²) in [5, 5.41) is 2.45. The highest BCUT2D eigenvalue weighted by Crippen LogP contribution is 2.18. The number of carbonyl (C=O) groups excluding carboxylic acids is 1. The van der Waals surface area contributed by atoms with E-state index in [0.717, 1.165) is 22.8 Å². The third kappa shape index (κ3) is 3.10. The molecule has 2 aromatic rings. The molecule has 104 valence electrons. The van der Waals surface area contributed by atoms with Gasteiger partial charge in [0.15, 0.2) is 0 Å². The van der Waals surface area contributed by atoms with Crippen molar-refractivity contribution in [1.82, 2.24) is 9.55 Å². The number of H-pyrrole nitrogens is 1. The van der Waals surface area contributed by atoms with Crippen LogP contribution in [-0.4, -0.2) is 15.5 Å². The molecule has 4 N–H and O–H groups in total. The maximum atomic E-state index is 12.9. The number of nitrogens with one attached hydrogen (secondary N) is 2. The van der Waals surface area contributed by atoms with Gasteiger partial charge < -0.3 is 11.1 Å². The summed E-state index contributed by atoms with van der Waals surface area (Å²) < 4.78 is 13.9. The number of aromatic nitrogens is 2. The molecule has 0 aliphatic heterocycles. The first-order valence-electron chi connectivity index (χ1n) is 5.60. The first-order chi connectivity index (χ1) is 9.45. The van der Waals surface area contributed by atoms with Crippen LogP contribution in [0.4, 0.5) is 15.8 Å². The zero-order valence-electron chi connectivity index (χ0n) is 10.2. The predicted molar refractivity (Wildman–Crippen MR) is 70.8 cm³/mol. The van der Waals surface area contributed by atoms with Crippen LogP contribution < -0.4 is 22.3 Å². The van der Waals surface area contributed by atoms with Crippen molar-refractivity contribution in [2.75, 3.05) is 11.1 Å². The Labute approximate surface area is 111 Å². The molecular weight excluding hydrogens is 267 g/mol. The zero-order chi connectivity index (χ0) is 14.7. The molecule has 0 saturated carbocycles. The van der Waals surface area contributed by atoms with Gasteiger partial charge in [-0.05, 0) is 18.2 Å². The molecule has 0 spiro atoms. The molecule has 0 saturated heterocycles. The monoisotopic (exact) mass is 278 g/mol. The van der Waals surface area contributed by atoms with E-state index in [9.17, 15) is 18.8 Å². The van der Waals surface area contributed by atoms with Gasteiger partial charge in [-0.2, -0.15) is 0 Å². The Morgan fingerprint density at radius 2 is 2.10 bits per heavy atom. The van der Waals surface area contributed by atoms with Gasteiger partial charge in [0, 0.05) is 12.3 Å². The number of anilines is 2. The lowest BCUT2D eigenvalue weighted by molar-refractivity contribution is -0.116. The van der Waals surface area contributed by atoms with Gasteiger partial charge in [-0.1, -0.05) is 0 Å². The first kappa shape index (κ1) is 13.5. The highest BCUT2D eigenvalue weighted by atomic mass is 19.1. The van der Waals surface area contributed by atoms with Crippen LogP contribution in [-0.2, 0) is 11.3 Å². The van der Waals surface area contributed by atoms with Crippen molar-refractivity contribution in [2.24, 2.45) is 0 Å². The number of aromatic amines is 1. The summed E-state index contributed by atoms with van der Waals surface area (Å²) in [5.41, 5.74) is 4.62. The minimum atomic E-state index is -0.695. The van der Waals surface area contributed by atoms with E-state index >= 15 is 0 Å². The Morgan fingerprint density at radius 3 is 2.75 bits per heavy atom. The summed E-state index contributed by atoms with van der Waals surface area (Å²) in [6.45, 7) is -0.299. The van der Waals surface area contributed by atoms with Crippen molar-refractivity contribution in [3.8, 4) is 0 Å². The van der Waals surface area contributed by atoms with E-state index in [1.807, 2.05) is 4.98 Å². The van der Waals surface area contributed by atoms with Crippen LogP contribution in [0.3, 0.4) is 0 Å². The maximum absolute atomic E-state index is 12.9. The highest BCUT2D eigenvalue weighted by Gasteiger charge is 2.08. The Balaban J connectivity index is 2.13. The molecule has 0 bridgehead atoms. The number of benzene rings is 1. The fourth-order valence-electron chi connectivity index (χ4n) is 1.56. The average molecular weight is 278 g/mol. The van der Waals surface area contributed by atoms with Crippen LogP contribution in [0.1, 0.15) is 0 Å². The van der Waals surface area contributed by atoms with Crippen molar-refractivity contribution < 1.29 is 9.18 Å². The van der Waals surface area contributed by atoms with Gasteiger partial charge in [0.25, 0.3) is 5.56 Å². The van der Waals surface area contributed by atoms with Gasteiger partial charge >= 0.3 is 5.69 Å². The van der Waals surface area contributed by atoms with Gasteiger partial charge in [0.05, 0.1) is 11.4 Å². The number of nitrogens with two attached hydrogens (primary N) is 1. The maximum Gasteiger partial charge on any atom is 0.328 e. The normalized spacial score (nSPS) is 10.2. The number of hydrogen-bond donors (Lipinski definition) is 3. The number of rotatable bonds is 3. The fourth-order valence-corrected chi connectivity index (χ4v) is 1.56. The van der Waals surface area contributed by atoms with Crippen LogP contribution in [0.5, 0.6) is 0 Å². The Hall–Kier alpha value is -2.90. The van der Waals surface area contributed by atoms with Crippen molar-refractivity contribution in [2.45, 2.75) is 6.54 Å². The van der Waals surface area contributed by atoms with E-state index in [1.54, 1.807) is 0 Å². The van der Waals surface area contributed by atoms with Gasteiger partial charge in [-0.3, -0.25) is 19.1 Å². The van der Waals surface area contributed by atoms with E-state index in [4.69, 9.17) is 5.73 Å². The predicted octanol–water partition coefficient (Wildman–Crippen LogP) is -0.103. The second kappa shape index (κ2) is 5.39. The molecule has 0 fully saturated rings. The Bertz CT molecular complexity index is 766. The van der Waals surface area contributed by atoms with E-state index in [0.29, 0.717) is 0 Å². The topological polar surface area (TPSA) is 110 Å². The summed E-state index contributed by atoms with van der Waals surface area (Å²) in [6.07, 6.45) is 1.20.